The lowest BCUT2D eigenvalue weighted by atomic mass is 9.84. The number of benzene rings is 8. The molecule has 158 valence electrons. The first-order valence-electron chi connectivity index (χ1n) is 11.0. The van der Waals surface area contributed by atoms with Gasteiger partial charge in [0.05, 0.1) is 0 Å². The highest BCUT2D eigenvalue weighted by atomic mass is 35.5. The molecule has 0 aliphatic rings. The summed E-state index contributed by atoms with van der Waals surface area (Å²) in [6.07, 6.45) is 0. The summed E-state index contributed by atoms with van der Waals surface area (Å²) in [7, 11) is 0. The van der Waals surface area contributed by atoms with Crippen LogP contribution in [0.25, 0.3) is 75.4 Å². The molecule has 0 amide bonds. The van der Waals surface area contributed by atoms with Crippen molar-refractivity contribution in [3.05, 3.63) is 103 Å². The van der Waals surface area contributed by atoms with Crippen LogP contribution in [0.2, 0.25) is 10.0 Å². The van der Waals surface area contributed by atoms with Gasteiger partial charge in [-0.05, 0) is 68.7 Å². The quantitative estimate of drug-likeness (QED) is 0.164. The van der Waals surface area contributed by atoms with Crippen LogP contribution < -0.4 is 10.9 Å². The number of fused-ring (bicyclic) bond motifs is 4. The molecule has 2 nitrogen and oxygen atoms in total. The van der Waals surface area contributed by atoms with Crippen LogP contribution in [-0.2, 0) is 0 Å². The van der Waals surface area contributed by atoms with E-state index in [-0.39, 0.29) is 10.9 Å². The van der Waals surface area contributed by atoms with E-state index in [1.807, 2.05) is 60.7 Å². The molecule has 0 radical (unpaired) electrons. The van der Waals surface area contributed by atoms with E-state index < -0.39 is 0 Å². The third-order valence-corrected chi connectivity index (χ3v) is 8.04. The predicted molar refractivity (Wildman–Crippen MR) is 145 cm³/mol. The molecule has 0 aliphatic heterocycles. The third-order valence-electron chi connectivity index (χ3n) is 7.41. The van der Waals surface area contributed by atoms with Gasteiger partial charge in [0.25, 0.3) is 0 Å². The molecule has 0 fully saturated rings. The Hall–Kier alpha value is -3.72. The molecule has 8 aromatic rings. The number of hydrogen-bond donors (Lipinski definition) is 0. The van der Waals surface area contributed by atoms with Crippen molar-refractivity contribution < 1.29 is 0 Å². The maximum atomic E-state index is 13.5. The van der Waals surface area contributed by atoms with Crippen LogP contribution in [0.15, 0.2) is 82.4 Å². The summed E-state index contributed by atoms with van der Waals surface area (Å²) in [6.45, 7) is 0. The van der Waals surface area contributed by atoms with E-state index in [2.05, 4.69) is 12.1 Å². The Balaban J connectivity index is 1.81. The van der Waals surface area contributed by atoms with Crippen molar-refractivity contribution in [2.24, 2.45) is 0 Å². The van der Waals surface area contributed by atoms with Gasteiger partial charge in [-0.3, -0.25) is 9.59 Å². The van der Waals surface area contributed by atoms with E-state index in [1.165, 1.54) is 0 Å². The fourth-order valence-corrected chi connectivity index (χ4v) is 6.62. The van der Waals surface area contributed by atoms with Crippen LogP contribution in [0.1, 0.15) is 0 Å². The first kappa shape index (κ1) is 18.7. The summed E-state index contributed by atoms with van der Waals surface area (Å²) in [6, 6.07) is 23.0. The third kappa shape index (κ3) is 2.01. The molecule has 0 bridgehead atoms. The van der Waals surface area contributed by atoms with E-state index in [1.54, 1.807) is 0 Å². The number of hydrogen-bond acceptors (Lipinski definition) is 2. The van der Waals surface area contributed by atoms with Crippen LogP contribution in [-0.4, -0.2) is 0 Å². The van der Waals surface area contributed by atoms with Gasteiger partial charge in [0.1, 0.15) is 0 Å². The molecule has 34 heavy (non-hydrogen) atoms. The maximum absolute atomic E-state index is 13.5. The highest BCUT2D eigenvalue weighted by molar-refractivity contribution is 6.45. The molecule has 0 saturated heterocycles. The Morgan fingerprint density at radius 1 is 0.412 bits per heavy atom. The minimum Gasteiger partial charge on any atom is -0.289 e. The largest absolute Gasteiger partial charge is 0.289 e. The van der Waals surface area contributed by atoms with Gasteiger partial charge in [-0.15, -0.1) is 0 Å². The van der Waals surface area contributed by atoms with Crippen molar-refractivity contribution in [1.82, 2.24) is 0 Å². The summed E-state index contributed by atoms with van der Waals surface area (Å²) in [5.41, 5.74) is -0.0557. The van der Waals surface area contributed by atoms with Gasteiger partial charge in [-0.2, -0.15) is 0 Å². The lowest BCUT2D eigenvalue weighted by Crippen LogP contribution is -2.06. The highest BCUT2D eigenvalue weighted by Crippen LogP contribution is 2.46. The normalized spacial score (nSPS) is 12.6. The second-order valence-corrected chi connectivity index (χ2v) is 9.82. The zero-order valence-electron chi connectivity index (χ0n) is 17.5. The van der Waals surface area contributed by atoms with E-state index in [9.17, 15) is 9.59 Å². The second-order valence-electron chi connectivity index (χ2n) is 9.00. The van der Waals surface area contributed by atoms with Crippen molar-refractivity contribution in [3.8, 4) is 0 Å². The standard InChI is InChI=1S/C30H12Cl2O2/c31-21-5-1-3-15-25(21)19-11-13-8-10-18-28-20(26-16(30(18)34)4-2-6-22(26)32)12-14-7-9-17(29(15)33)27(19)23(14)24(13)28/h1-12H. The Morgan fingerprint density at radius 3 is 1.26 bits per heavy atom. The molecule has 0 saturated carbocycles. The highest BCUT2D eigenvalue weighted by Gasteiger charge is 2.22. The predicted octanol–water partition coefficient (Wildman–Crippen LogP) is 8.10. The molecule has 0 aliphatic carbocycles. The van der Waals surface area contributed by atoms with E-state index in [0.717, 1.165) is 53.9 Å². The molecule has 0 N–H and O–H groups in total. The zero-order chi connectivity index (χ0) is 22.9. The molecule has 8 aromatic carbocycles. The zero-order valence-corrected chi connectivity index (χ0v) is 19.0. The Kier molecular flexibility index (Phi) is 3.32. The van der Waals surface area contributed by atoms with Crippen LogP contribution in [0.4, 0.5) is 0 Å². The monoisotopic (exact) mass is 474 g/mol. The molecule has 0 atom stereocenters. The fourth-order valence-electron chi connectivity index (χ4n) is 6.07. The minimum atomic E-state index is -0.0278. The van der Waals surface area contributed by atoms with Crippen LogP contribution >= 0.6 is 23.2 Å². The van der Waals surface area contributed by atoms with Crippen molar-refractivity contribution in [1.29, 1.82) is 0 Å². The first-order valence-corrected chi connectivity index (χ1v) is 11.8. The van der Waals surface area contributed by atoms with Crippen molar-refractivity contribution in [3.63, 3.8) is 0 Å². The van der Waals surface area contributed by atoms with Gasteiger partial charge in [0.15, 0.2) is 10.9 Å². The lowest BCUT2D eigenvalue weighted by Gasteiger charge is -2.19. The van der Waals surface area contributed by atoms with Gasteiger partial charge in [0, 0.05) is 53.1 Å². The maximum Gasteiger partial charge on any atom is 0.194 e. The van der Waals surface area contributed by atoms with E-state index >= 15 is 0 Å². The SMILES string of the molecule is O=c1c2cccc(Cl)c2c2cc3ccc4c(=O)c5cccc(Cl)c5c5cc6ccc1c2c6c3c45. The summed E-state index contributed by atoms with van der Waals surface area (Å²) in [4.78, 5) is 27.0. The molecular formula is C30H12Cl2O2. The van der Waals surface area contributed by atoms with Gasteiger partial charge in [0.2, 0.25) is 0 Å². The molecule has 0 heterocycles. The summed E-state index contributed by atoms with van der Waals surface area (Å²) in [5.74, 6) is 0. The average Bonchev–Trinajstić information content (AvgIpc) is 2.85. The summed E-state index contributed by atoms with van der Waals surface area (Å²) >= 11 is 13.3. The lowest BCUT2D eigenvalue weighted by molar-refractivity contribution is 1.72. The van der Waals surface area contributed by atoms with Crippen LogP contribution in [0, 0.1) is 0 Å². The van der Waals surface area contributed by atoms with Gasteiger partial charge >= 0.3 is 0 Å². The second kappa shape index (κ2) is 6.04. The van der Waals surface area contributed by atoms with Crippen molar-refractivity contribution in [2.75, 3.05) is 0 Å². The van der Waals surface area contributed by atoms with Gasteiger partial charge < -0.3 is 0 Å². The molecule has 0 spiro atoms. The molecular weight excluding hydrogens is 463 g/mol. The minimum absolute atomic E-state index is 0.0278. The van der Waals surface area contributed by atoms with E-state index in [0.29, 0.717) is 31.6 Å². The number of rotatable bonds is 0. The molecule has 0 unspecified atom stereocenters. The number of halogens is 2. The van der Waals surface area contributed by atoms with Crippen LogP contribution in [0.5, 0.6) is 0 Å². The van der Waals surface area contributed by atoms with Crippen LogP contribution in [0.3, 0.4) is 0 Å². The summed E-state index contributed by atoms with van der Waals surface area (Å²) in [5, 5.41) is 13.0. The fraction of sp³-hybridized carbons (Fsp3) is 0. The Bertz CT molecular complexity index is 2120. The molecule has 8 rings (SSSR count). The Labute approximate surface area is 201 Å². The Morgan fingerprint density at radius 2 is 0.824 bits per heavy atom. The summed E-state index contributed by atoms with van der Waals surface area (Å²) < 4.78 is 0. The smallest absolute Gasteiger partial charge is 0.194 e. The average molecular weight is 475 g/mol. The van der Waals surface area contributed by atoms with Crippen molar-refractivity contribution >= 4 is 98.6 Å². The van der Waals surface area contributed by atoms with Gasteiger partial charge in [-0.25, -0.2) is 0 Å². The van der Waals surface area contributed by atoms with Gasteiger partial charge in [-0.1, -0.05) is 59.6 Å². The topological polar surface area (TPSA) is 34.1 Å². The van der Waals surface area contributed by atoms with Crippen molar-refractivity contribution in [2.45, 2.75) is 0 Å². The first-order chi connectivity index (χ1) is 16.5. The molecule has 4 heteroatoms. The molecule has 0 aromatic heterocycles. The van der Waals surface area contributed by atoms with E-state index in [4.69, 9.17) is 23.2 Å².